The van der Waals surface area contributed by atoms with E-state index in [9.17, 15) is 29.4 Å². The number of carbonyl (C=O) groups excluding carboxylic acids is 2. The van der Waals surface area contributed by atoms with Crippen molar-refractivity contribution in [2.45, 2.75) is 30.5 Å². The van der Waals surface area contributed by atoms with Gasteiger partial charge in [0.15, 0.2) is 0 Å². The molecule has 0 saturated heterocycles. The van der Waals surface area contributed by atoms with Crippen molar-refractivity contribution in [1.82, 2.24) is 5.32 Å². The second-order valence-corrected chi connectivity index (χ2v) is 5.78. The van der Waals surface area contributed by atoms with E-state index in [1.54, 1.807) is 0 Å². The Kier molecular flexibility index (Phi) is 3.83. The highest BCUT2D eigenvalue weighted by Gasteiger charge is 2.75. The van der Waals surface area contributed by atoms with Crippen molar-refractivity contribution in [2.24, 2.45) is 29.2 Å². The summed E-state index contributed by atoms with van der Waals surface area (Å²) in [4.78, 5) is 45.4. The van der Waals surface area contributed by atoms with Gasteiger partial charge in [-0.3, -0.25) is 14.4 Å². The zero-order valence-corrected chi connectivity index (χ0v) is 11.4. The van der Waals surface area contributed by atoms with Crippen molar-refractivity contribution in [2.75, 3.05) is 0 Å². The molecule has 0 radical (unpaired) electrons. The van der Waals surface area contributed by atoms with Gasteiger partial charge in [0.25, 0.3) is 0 Å². The molecule has 2 aliphatic carbocycles. The van der Waals surface area contributed by atoms with Gasteiger partial charge in [-0.1, -0.05) is 0 Å². The number of nitrogens with one attached hydrogen (secondary N) is 1. The lowest BCUT2D eigenvalue weighted by Gasteiger charge is -2.30. The van der Waals surface area contributed by atoms with Crippen molar-refractivity contribution in [3.8, 4) is 0 Å². The first-order valence-corrected chi connectivity index (χ1v) is 6.62. The van der Waals surface area contributed by atoms with E-state index in [1.165, 1.54) is 0 Å². The number of nitrogens with two attached hydrogens (primary N) is 2. The topological polar surface area (TPSA) is 193 Å². The van der Waals surface area contributed by atoms with Gasteiger partial charge in [-0.25, -0.2) is 4.79 Å². The average Bonchev–Trinajstić information content (AvgIpc) is 3.06. The van der Waals surface area contributed by atoms with Crippen molar-refractivity contribution >= 4 is 23.8 Å². The number of hydrogen-bond donors (Lipinski definition) is 6. The number of carboxylic acid groups (broad SMARTS) is 2. The van der Waals surface area contributed by atoms with Gasteiger partial charge >= 0.3 is 11.9 Å². The molecule has 0 aliphatic heterocycles. The highest BCUT2D eigenvalue weighted by molar-refractivity contribution is 5.94. The molecule has 0 aromatic heterocycles. The lowest BCUT2D eigenvalue weighted by atomic mass is 9.89. The van der Waals surface area contributed by atoms with Gasteiger partial charge in [-0.05, 0) is 0 Å². The Balaban J connectivity index is 2.21. The minimum atomic E-state index is -1.90. The van der Waals surface area contributed by atoms with Gasteiger partial charge < -0.3 is 32.1 Å². The molecule has 10 nitrogen and oxygen atoms in total. The van der Waals surface area contributed by atoms with E-state index in [-0.39, 0.29) is 6.42 Å². The molecular formula is C12H17N3O7. The zero-order valence-electron chi connectivity index (χ0n) is 11.4. The maximum atomic E-state index is 12.0. The molecule has 0 bridgehead atoms. The summed E-state index contributed by atoms with van der Waals surface area (Å²) in [5, 5.41) is 30.6. The van der Waals surface area contributed by atoms with Gasteiger partial charge in [0.05, 0.1) is 24.5 Å². The predicted molar refractivity (Wildman–Crippen MR) is 69.0 cm³/mol. The molecule has 22 heavy (non-hydrogen) atoms. The fourth-order valence-electron chi connectivity index (χ4n) is 3.41. The van der Waals surface area contributed by atoms with Crippen LogP contribution < -0.4 is 16.8 Å². The van der Waals surface area contributed by atoms with Crippen molar-refractivity contribution in [3.63, 3.8) is 0 Å². The number of carboxylic acids is 2. The molecule has 0 unspecified atom stereocenters. The fourth-order valence-corrected chi connectivity index (χ4v) is 3.41. The Labute approximate surface area is 124 Å². The van der Waals surface area contributed by atoms with Gasteiger partial charge in [-0.15, -0.1) is 0 Å². The minimum absolute atomic E-state index is 0.309. The van der Waals surface area contributed by atoms with E-state index in [2.05, 4.69) is 5.32 Å². The Morgan fingerprint density at radius 3 is 2.27 bits per heavy atom. The summed E-state index contributed by atoms with van der Waals surface area (Å²) in [7, 11) is 0. The van der Waals surface area contributed by atoms with Crippen molar-refractivity contribution in [1.29, 1.82) is 0 Å². The second kappa shape index (κ2) is 5.21. The van der Waals surface area contributed by atoms with Crippen molar-refractivity contribution < 1.29 is 34.5 Å². The summed E-state index contributed by atoms with van der Waals surface area (Å²) in [6.07, 6.45) is -1.92. The minimum Gasteiger partial charge on any atom is -0.481 e. The van der Waals surface area contributed by atoms with E-state index in [0.717, 1.165) is 0 Å². The molecule has 2 amide bonds. The number of aliphatic hydroxyl groups excluding tert-OH is 1. The van der Waals surface area contributed by atoms with Crippen LogP contribution in [0.3, 0.4) is 0 Å². The van der Waals surface area contributed by atoms with Crippen LogP contribution >= 0.6 is 0 Å². The first-order valence-electron chi connectivity index (χ1n) is 6.62. The third-order valence-electron chi connectivity index (χ3n) is 4.39. The van der Waals surface area contributed by atoms with Gasteiger partial charge in [0.1, 0.15) is 5.54 Å². The SMILES string of the molecule is NC(=O)C[C@H](N)C(=O)N[C@@]1(C(=O)O)C[C@H](O)[C@H]2[C@H](C(=O)O)[C@H]21. The predicted octanol–water partition coefficient (Wildman–Crippen LogP) is -3.16. The molecule has 0 heterocycles. The smallest absolute Gasteiger partial charge is 0.329 e. The van der Waals surface area contributed by atoms with Crippen LogP contribution in [0.4, 0.5) is 0 Å². The van der Waals surface area contributed by atoms with E-state index in [0.29, 0.717) is 0 Å². The average molecular weight is 315 g/mol. The van der Waals surface area contributed by atoms with E-state index in [4.69, 9.17) is 16.6 Å². The third-order valence-corrected chi connectivity index (χ3v) is 4.39. The van der Waals surface area contributed by atoms with Crippen LogP contribution in [0.25, 0.3) is 0 Å². The number of fused-ring (bicyclic) bond motifs is 1. The van der Waals surface area contributed by atoms with E-state index < -0.39 is 65.6 Å². The maximum absolute atomic E-state index is 12.0. The zero-order chi connectivity index (χ0) is 16.8. The normalized spacial score (nSPS) is 37.0. The van der Waals surface area contributed by atoms with Crippen LogP contribution in [0.2, 0.25) is 0 Å². The van der Waals surface area contributed by atoms with Crippen LogP contribution in [-0.4, -0.2) is 56.8 Å². The van der Waals surface area contributed by atoms with Crippen LogP contribution in [-0.2, 0) is 19.2 Å². The standard InChI is InChI=1S/C12H17N3O7/c13-3(1-5(14)17)9(18)15-12(11(21)22)2-4(16)6-7(8(6)12)10(19)20/h3-4,6-8,16H,1-2,13H2,(H2,14,17)(H,15,18)(H,19,20)(H,21,22)/t3-,4-,6-,7-,8-,12-/m0/s1. The first kappa shape index (κ1) is 16.2. The van der Waals surface area contributed by atoms with Gasteiger partial charge in [-0.2, -0.15) is 0 Å². The lowest BCUT2D eigenvalue weighted by Crippen LogP contribution is -2.60. The second-order valence-electron chi connectivity index (χ2n) is 5.78. The Hall–Kier alpha value is -2.20. The number of rotatable bonds is 6. The number of aliphatic carboxylic acids is 2. The largest absolute Gasteiger partial charge is 0.481 e. The molecule has 10 heteroatoms. The first-order chi connectivity index (χ1) is 10.1. The number of amides is 2. The summed E-state index contributed by atoms with van der Waals surface area (Å²) in [6, 6.07) is -1.34. The molecule has 0 spiro atoms. The van der Waals surface area contributed by atoms with Crippen LogP contribution in [0.5, 0.6) is 0 Å². The van der Waals surface area contributed by atoms with E-state index in [1.807, 2.05) is 0 Å². The summed E-state index contributed by atoms with van der Waals surface area (Å²) in [5.74, 6) is -7.09. The Morgan fingerprint density at radius 2 is 1.86 bits per heavy atom. The Morgan fingerprint density at radius 1 is 1.27 bits per heavy atom. The molecule has 2 saturated carbocycles. The van der Waals surface area contributed by atoms with Crippen molar-refractivity contribution in [3.05, 3.63) is 0 Å². The van der Waals surface area contributed by atoms with E-state index >= 15 is 0 Å². The molecule has 8 N–H and O–H groups in total. The van der Waals surface area contributed by atoms with Crippen LogP contribution in [0.15, 0.2) is 0 Å². The fraction of sp³-hybridized carbons (Fsp3) is 0.667. The molecular weight excluding hydrogens is 298 g/mol. The van der Waals surface area contributed by atoms with Crippen LogP contribution in [0.1, 0.15) is 12.8 Å². The number of hydrogen-bond acceptors (Lipinski definition) is 6. The quantitative estimate of drug-likeness (QED) is 0.295. The summed E-state index contributed by atoms with van der Waals surface area (Å²) in [6.45, 7) is 0. The molecule has 2 rings (SSSR count). The molecule has 2 fully saturated rings. The Bertz CT molecular complexity index is 551. The summed E-state index contributed by atoms with van der Waals surface area (Å²) in [5.41, 5.74) is 8.47. The van der Waals surface area contributed by atoms with Gasteiger partial charge in [0.2, 0.25) is 11.8 Å². The highest BCUT2D eigenvalue weighted by Crippen LogP contribution is 2.62. The monoisotopic (exact) mass is 315 g/mol. The summed E-state index contributed by atoms with van der Waals surface area (Å²) < 4.78 is 0. The van der Waals surface area contributed by atoms with Crippen LogP contribution in [0, 0.1) is 17.8 Å². The number of primary amides is 1. The maximum Gasteiger partial charge on any atom is 0.329 e. The molecule has 6 atom stereocenters. The number of aliphatic hydroxyl groups is 1. The third kappa shape index (κ3) is 2.40. The number of carbonyl (C=O) groups is 4. The molecule has 122 valence electrons. The molecule has 0 aromatic rings. The summed E-state index contributed by atoms with van der Waals surface area (Å²) >= 11 is 0. The highest BCUT2D eigenvalue weighted by atomic mass is 16.4. The molecule has 2 aliphatic rings. The van der Waals surface area contributed by atoms with Gasteiger partial charge in [0, 0.05) is 18.3 Å². The molecule has 0 aromatic carbocycles. The lowest BCUT2D eigenvalue weighted by molar-refractivity contribution is -0.150.